The summed E-state index contributed by atoms with van der Waals surface area (Å²) < 4.78 is 0. The van der Waals surface area contributed by atoms with Gasteiger partial charge in [-0.15, -0.1) is 0 Å². The summed E-state index contributed by atoms with van der Waals surface area (Å²) in [6.45, 7) is 8.50. The molecule has 1 amide bonds. The van der Waals surface area contributed by atoms with Crippen LogP contribution in [0.15, 0.2) is 54.6 Å². The van der Waals surface area contributed by atoms with Crippen molar-refractivity contribution >= 4 is 46.4 Å². The molecular formula is C29H31Cl3N2O. The SMILES string of the molecule is CC(C)(C)c1ccc(CN(CCc2ccc(Cl)c(Cl)c2)C(=O)c2cc(Cl)cc3c2NCCC3)cc1. The lowest BCUT2D eigenvalue weighted by Crippen LogP contribution is -2.33. The lowest BCUT2D eigenvalue weighted by atomic mass is 9.87. The Morgan fingerprint density at radius 3 is 2.34 bits per heavy atom. The van der Waals surface area contributed by atoms with E-state index in [-0.39, 0.29) is 11.3 Å². The zero-order valence-corrected chi connectivity index (χ0v) is 22.7. The van der Waals surface area contributed by atoms with Gasteiger partial charge >= 0.3 is 0 Å². The van der Waals surface area contributed by atoms with Gasteiger partial charge in [-0.25, -0.2) is 0 Å². The van der Waals surface area contributed by atoms with E-state index >= 15 is 0 Å². The summed E-state index contributed by atoms with van der Waals surface area (Å²) in [6.07, 6.45) is 2.61. The van der Waals surface area contributed by atoms with E-state index in [1.807, 2.05) is 23.1 Å². The maximum Gasteiger partial charge on any atom is 0.256 e. The number of halogens is 3. The van der Waals surface area contributed by atoms with Crippen LogP contribution in [-0.4, -0.2) is 23.9 Å². The van der Waals surface area contributed by atoms with Crippen LogP contribution in [0.3, 0.4) is 0 Å². The molecule has 0 fully saturated rings. The number of fused-ring (bicyclic) bond motifs is 1. The van der Waals surface area contributed by atoms with Gasteiger partial charge in [-0.2, -0.15) is 0 Å². The second kappa shape index (κ2) is 10.8. The Balaban J connectivity index is 1.63. The maximum atomic E-state index is 13.9. The Kier molecular flexibility index (Phi) is 8.00. The van der Waals surface area contributed by atoms with E-state index in [0.717, 1.165) is 41.8 Å². The van der Waals surface area contributed by atoms with E-state index in [4.69, 9.17) is 34.8 Å². The largest absolute Gasteiger partial charge is 0.384 e. The summed E-state index contributed by atoms with van der Waals surface area (Å²) in [7, 11) is 0. The monoisotopic (exact) mass is 528 g/mol. The molecule has 0 radical (unpaired) electrons. The highest BCUT2D eigenvalue weighted by Crippen LogP contribution is 2.32. The summed E-state index contributed by atoms with van der Waals surface area (Å²) in [4.78, 5) is 15.8. The van der Waals surface area contributed by atoms with Crippen molar-refractivity contribution in [2.75, 3.05) is 18.4 Å². The van der Waals surface area contributed by atoms with Crippen molar-refractivity contribution in [1.29, 1.82) is 0 Å². The molecule has 0 aromatic heterocycles. The molecule has 1 heterocycles. The van der Waals surface area contributed by atoms with Crippen LogP contribution in [-0.2, 0) is 24.8 Å². The quantitative estimate of drug-likeness (QED) is 0.349. The number of nitrogens with zero attached hydrogens (tertiary/aromatic N) is 1. The zero-order valence-electron chi connectivity index (χ0n) is 20.4. The molecular weight excluding hydrogens is 499 g/mol. The number of rotatable bonds is 6. The van der Waals surface area contributed by atoms with E-state index < -0.39 is 0 Å². The molecule has 0 saturated heterocycles. The van der Waals surface area contributed by atoms with Crippen LogP contribution in [0.25, 0.3) is 0 Å². The lowest BCUT2D eigenvalue weighted by Gasteiger charge is -2.27. The summed E-state index contributed by atoms with van der Waals surface area (Å²) in [6, 6.07) is 17.9. The van der Waals surface area contributed by atoms with Crippen LogP contribution in [0.2, 0.25) is 15.1 Å². The van der Waals surface area contributed by atoms with E-state index in [0.29, 0.717) is 40.1 Å². The van der Waals surface area contributed by atoms with E-state index in [1.165, 1.54) is 5.56 Å². The fourth-order valence-corrected chi connectivity index (χ4v) is 5.00. The van der Waals surface area contributed by atoms with Crippen LogP contribution in [0.5, 0.6) is 0 Å². The second-order valence-corrected chi connectivity index (χ2v) is 11.4. The van der Waals surface area contributed by atoms with Crippen molar-refractivity contribution in [1.82, 2.24) is 4.90 Å². The lowest BCUT2D eigenvalue weighted by molar-refractivity contribution is 0.0746. The van der Waals surface area contributed by atoms with Crippen LogP contribution in [0, 0.1) is 0 Å². The predicted molar refractivity (Wildman–Crippen MR) is 148 cm³/mol. The second-order valence-electron chi connectivity index (χ2n) is 10.2. The van der Waals surface area contributed by atoms with E-state index in [1.54, 1.807) is 12.1 Å². The fraction of sp³-hybridized carbons (Fsp3) is 0.345. The topological polar surface area (TPSA) is 32.3 Å². The number of amides is 1. The summed E-state index contributed by atoms with van der Waals surface area (Å²) in [5, 5.41) is 5.07. The molecule has 3 aromatic rings. The molecule has 0 atom stereocenters. The molecule has 184 valence electrons. The molecule has 3 nitrogen and oxygen atoms in total. The van der Waals surface area contributed by atoms with Gasteiger partial charge in [-0.05, 0) is 71.2 Å². The Hall–Kier alpha value is -2.20. The van der Waals surface area contributed by atoms with Crippen molar-refractivity contribution in [2.24, 2.45) is 0 Å². The summed E-state index contributed by atoms with van der Waals surface area (Å²) >= 11 is 18.8. The molecule has 0 aliphatic carbocycles. The number of hydrogen-bond acceptors (Lipinski definition) is 2. The molecule has 0 spiro atoms. The number of aryl methyl sites for hydroxylation is 1. The van der Waals surface area contributed by atoms with Crippen LogP contribution < -0.4 is 5.32 Å². The average Bonchev–Trinajstić information content (AvgIpc) is 2.82. The standard InChI is InChI=1S/C29H31Cl3N2O/c1-29(2,3)22-9-6-20(7-10-22)18-34(14-12-19-8-11-25(31)26(32)15-19)28(35)24-17-23(30)16-21-5-4-13-33-27(21)24/h6-11,15-17,33H,4-5,12-14,18H2,1-3H3. The number of hydrogen-bond donors (Lipinski definition) is 1. The molecule has 35 heavy (non-hydrogen) atoms. The zero-order chi connectivity index (χ0) is 25.2. The van der Waals surface area contributed by atoms with Gasteiger partial charge in [0.25, 0.3) is 5.91 Å². The predicted octanol–water partition coefficient (Wildman–Crippen LogP) is 8.19. The third-order valence-corrected chi connectivity index (χ3v) is 7.43. The maximum absolute atomic E-state index is 13.9. The summed E-state index contributed by atoms with van der Waals surface area (Å²) in [5.41, 5.74) is 6.11. The van der Waals surface area contributed by atoms with Gasteiger partial charge in [0.2, 0.25) is 0 Å². The Morgan fingerprint density at radius 2 is 1.66 bits per heavy atom. The highest BCUT2D eigenvalue weighted by atomic mass is 35.5. The van der Waals surface area contributed by atoms with Crippen molar-refractivity contribution in [3.8, 4) is 0 Å². The first-order chi connectivity index (χ1) is 16.6. The minimum Gasteiger partial charge on any atom is -0.384 e. The molecule has 0 saturated carbocycles. The average molecular weight is 530 g/mol. The molecule has 3 aromatic carbocycles. The highest BCUT2D eigenvalue weighted by Gasteiger charge is 2.24. The van der Waals surface area contributed by atoms with Gasteiger partial charge in [0, 0.05) is 24.7 Å². The van der Waals surface area contributed by atoms with Gasteiger partial charge < -0.3 is 10.2 Å². The summed E-state index contributed by atoms with van der Waals surface area (Å²) in [5.74, 6) is -0.0295. The third kappa shape index (κ3) is 6.33. The van der Waals surface area contributed by atoms with Gasteiger partial charge in [0.05, 0.1) is 21.3 Å². The van der Waals surface area contributed by atoms with Crippen LogP contribution in [0.4, 0.5) is 5.69 Å². The van der Waals surface area contributed by atoms with Gasteiger partial charge in [0.1, 0.15) is 0 Å². The van der Waals surface area contributed by atoms with Gasteiger partial charge in [0.15, 0.2) is 0 Å². The number of nitrogens with one attached hydrogen (secondary N) is 1. The fourth-order valence-electron chi connectivity index (χ4n) is 4.44. The molecule has 0 unspecified atom stereocenters. The van der Waals surface area contributed by atoms with E-state index in [2.05, 4.69) is 50.4 Å². The first-order valence-corrected chi connectivity index (χ1v) is 13.1. The smallest absolute Gasteiger partial charge is 0.256 e. The van der Waals surface area contributed by atoms with Crippen molar-refractivity contribution < 1.29 is 4.79 Å². The molecule has 4 rings (SSSR count). The normalized spacial score (nSPS) is 13.2. The minimum absolute atomic E-state index is 0.0295. The van der Waals surface area contributed by atoms with Gasteiger partial charge in [-0.1, -0.05) is 85.9 Å². The third-order valence-electron chi connectivity index (χ3n) is 6.47. The molecule has 1 N–H and O–H groups in total. The van der Waals surface area contributed by atoms with Crippen LogP contribution in [0.1, 0.15) is 59.8 Å². The highest BCUT2D eigenvalue weighted by molar-refractivity contribution is 6.42. The molecule has 6 heteroatoms. The minimum atomic E-state index is -0.0295. The van der Waals surface area contributed by atoms with Crippen molar-refractivity contribution in [2.45, 2.75) is 52.0 Å². The number of carbonyl (C=O) groups is 1. The molecule has 1 aliphatic heterocycles. The first-order valence-electron chi connectivity index (χ1n) is 12.0. The number of anilines is 1. The Labute approximate surface area is 223 Å². The molecule has 1 aliphatic rings. The Morgan fingerprint density at radius 1 is 0.943 bits per heavy atom. The van der Waals surface area contributed by atoms with E-state index in [9.17, 15) is 4.79 Å². The number of benzene rings is 3. The van der Waals surface area contributed by atoms with Gasteiger partial charge in [-0.3, -0.25) is 4.79 Å². The molecule has 0 bridgehead atoms. The Bertz CT molecular complexity index is 1220. The first kappa shape index (κ1) is 25.9. The van der Waals surface area contributed by atoms with Crippen LogP contribution >= 0.6 is 34.8 Å². The number of carbonyl (C=O) groups excluding carboxylic acids is 1. The van der Waals surface area contributed by atoms with Crippen molar-refractivity contribution in [3.05, 3.63) is 97.5 Å². The van der Waals surface area contributed by atoms with Crippen molar-refractivity contribution in [3.63, 3.8) is 0 Å².